The van der Waals surface area contributed by atoms with Crippen molar-refractivity contribution < 1.29 is 14.3 Å². The molecule has 0 aliphatic carbocycles. The number of rotatable bonds is 3. The monoisotopic (exact) mass is 336 g/mol. The number of nitrogens with one attached hydrogen (secondary N) is 1. The molecule has 1 saturated heterocycles. The third kappa shape index (κ3) is 4.97. The Kier molecular flexibility index (Phi) is 5.51. The van der Waals surface area contributed by atoms with Gasteiger partial charge < -0.3 is 15.0 Å². The molecule has 2 rings (SSSR count). The summed E-state index contributed by atoms with van der Waals surface area (Å²) in [5, 5.41) is 6.83. The van der Waals surface area contributed by atoms with Gasteiger partial charge in [-0.3, -0.25) is 9.48 Å². The first kappa shape index (κ1) is 18.3. The fraction of sp³-hybridized carbons (Fsp3) is 0.706. The number of hydrogen-bond donors (Lipinski definition) is 1. The van der Waals surface area contributed by atoms with Gasteiger partial charge in [0.25, 0.3) is 0 Å². The Morgan fingerprint density at radius 2 is 2.12 bits per heavy atom. The van der Waals surface area contributed by atoms with Crippen LogP contribution in [0, 0.1) is 5.92 Å². The molecular weight excluding hydrogens is 308 g/mol. The van der Waals surface area contributed by atoms with Gasteiger partial charge in [-0.2, -0.15) is 5.10 Å². The number of amides is 2. The molecule has 0 bridgehead atoms. The zero-order chi connectivity index (χ0) is 17.9. The average Bonchev–Trinajstić information content (AvgIpc) is 2.88. The lowest BCUT2D eigenvalue weighted by atomic mass is 9.99. The van der Waals surface area contributed by atoms with Crippen LogP contribution in [0.3, 0.4) is 0 Å². The Balaban J connectivity index is 2.16. The van der Waals surface area contributed by atoms with Crippen molar-refractivity contribution in [3.05, 3.63) is 18.0 Å². The highest BCUT2D eigenvalue weighted by Gasteiger charge is 2.32. The number of ether oxygens (including phenoxy) is 1. The highest BCUT2D eigenvalue weighted by atomic mass is 16.6. The number of piperidine rings is 1. The van der Waals surface area contributed by atoms with Crippen molar-refractivity contribution in [3.8, 4) is 0 Å². The Morgan fingerprint density at radius 3 is 2.67 bits per heavy atom. The van der Waals surface area contributed by atoms with Gasteiger partial charge in [0, 0.05) is 31.9 Å². The lowest BCUT2D eigenvalue weighted by Gasteiger charge is -2.33. The lowest BCUT2D eigenvalue weighted by molar-refractivity contribution is -0.135. The van der Waals surface area contributed by atoms with Gasteiger partial charge in [0.1, 0.15) is 11.6 Å². The van der Waals surface area contributed by atoms with Gasteiger partial charge in [-0.05, 0) is 39.5 Å². The highest BCUT2D eigenvalue weighted by molar-refractivity contribution is 5.87. The Bertz CT molecular complexity index is 591. The summed E-state index contributed by atoms with van der Waals surface area (Å²) in [5.41, 5.74) is 0.0401. The van der Waals surface area contributed by atoms with Gasteiger partial charge in [-0.15, -0.1) is 0 Å². The van der Waals surface area contributed by atoms with Crippen LogP contribution in [-0.2, 0) is 16.6 Å². The molecule has 134 valence electrons. The molecule has 0 unspecified atom stereocenters. The van der Waals surface area contributed by atoms with E-state index >= 15 is 0 Å². The summed E-state index contributed by atoms with van der Waals surface area (Å²) in [4.78, 5) is 27.0. The second-order valence-electron chi connectivity index (χ2n) is 7.56. The first-order valence-corrected chi connectivity index (χ1v) is 8.42. The summed E-state index contributed by atoms with van der Waals surface area (Å²) in [6, 6.07) is -0.779. The number of carbonyl (C=O) groups is 2. The second kappa shape index (κ2) is 7.23. The van der Waals surface area contributed by atoms with Gasteiger partial charge in [0.15, 0.2) is 0 Å². The Morgan fingerprint density at radius 1 is 1.42 bits per heavy atom. The summed E-state index contributed by atoms with van der Waals surface area (Å²) in [6.07, 6.45) is 4.86. The van der Waals surface area contributed by atoms with E-state index in [0.717, 1.165) is 19.4 Å². The van der Waals surface area contributed by atoms with E-state index in [-0.39, 0.29) is 5.91 Å². The first-order chi connectivity index (χ1) is 11.2. The largest absolute Gasteiger partial charge is 0.444 e. The van der Waals surface area contributed by atoms with E-state index in [2.05, 4.69) is 17.3 Å². The van der Waals surface area contributed by atoms with Gasteiger partial charge in [0.2, 0.25) is 5.91 Å². The van der Waals surface area contributed by atoms with Crippen molar-refractivity contribution in [2.75, 3.05) is 13.1 Å². The van der Waals surface area contributed by atoms with E-state index in [0.29, 0.717) is 18.0 Å². The molecule has 2 amide bonds. The second-order valence-corrected chi connectivity index (χ2v) is 7.56. The van der Waals surface area contributed by atoms with Crippen molar-refractivity contribution >= 4 is 12.0 Å². The molecule has 1 fully saturated rings. The summed E-state index contributed by atoms with van der Waals surface area (Å²) in [6.45, 7) is 8.95. The quantitative estimate of drug-likeness (QED) is 0.918. The maximum absolute atomic E-state index is 13.0. The van der Waals surface area contributed by atoms with Crippen molar-refractivity contribution in [2.45, 2.75) is 52.2 Å². The van der Waals surface area contributed by atoms with E-state index in [1.807, 2.05) is 4.90 Å². The minimum Gasteiger partial charge on any atom is -0.444 e. The van der Waals surface area contributed by atoms with E-state index in [9.17, 15) is 9.59 Å². The number of aromatic nitrogens is 2. The van der Waals surface area contributed by atoms with Crippen LogP contribution in [0.5, 0.6) is 0 Å². The number of hydrogen-bond acceptors (Lipinski definition) is 4. The molecule has 7 nitrogen and oxygen atoms in total. The SMILES string of the molecule is C[C@H]1CCCN(C(=O)[C@H](NC(=O)OC(C)(C)C)c2cnn(C)c2)C1. The Hall–Kier alpha value is -2.05. The highest BCUT2D eigenvalue weighted by Crippen LogP contribution is 2.22. The van der Waals surface area contributed by atoms with Gasteiger partial charge >= 0.3 is 6.09 Å². The van der Waals surface area contributed by atoms with Crippen LogP contribution in [0.4, 0.5) is 4.79 Å². The van der Waals surface area contributed by atoms with Crippen LogP contribution in [0.15, 0.2) is 12.4 Å². The number of carbonyl (C=O) groups excluding carboxylic acids is 2. The molecule has 0 aromatic carbocycles. The Labute approximate surface area is 143 Å². The summed E-state index contributed by atoms with van der Waals surface area (Å²) in [7, 11) is 1.78. The van der Waals surface area contributed by atoms with Crippen LogP contribution in [0.2, 0.25) is 0 Å². The predicted molar refractivity (Wildman–Crippen MR) is 90.3 cm³/mol. The van der Waals surface area contributed by atoms with Crippen molar-refractivity contribution in [2.24, 2.45) is 13.0 Å². The van der Waals surface area contributed by atoms with Crippen LogP contribution >= 0.6 is 0 Å². The zero-order valence-electron chi connectivity index (χ0n) is 15.2. The van der Waals surface area contributed by atoms with Crippen LogP contribution in [-0.4, -0.2) is 45.4 Å². The van der Waals surface area contributed by atoms with Crippen LogP contribution in [0.25, 0.3) is 0 Å². The third-order valence-corrected chi connectivity index (χ3v) is 3.93. The van der Waals surface area contributed by atoms with E-state index < -0.39 is 17.7 Å². The van der Waals surface area contributed by atoms with Gasteiger partial charge in [0.05, 0.1) is 6.20 Å². The maximum Gasteiger partial charge on any atom is 0.408 e. The molecule has 0 radical (unpaired) electrons. The molecule has 7 heteroatoms. The summed E-state index contributed by atoms with van der Waals surface area (Å²) >= 11 is 0. The van der Waals surface area contributed by atoms with E-state index in [4.69, 9.17) is 4.74 Å². The van der Waals surface area contributed by atoms with Crippen molar-refractivity contribution in [1.29, 1.82) is 0 Å². The molecule has 1 aromatic heterocycles. The molecule has 1 N–H and O–H groups in total. The van der Waals surface area contributed by atoms with E-state index in [1.165, 1.54) is 0 Å². The molecule has 2 heterocycles. The molecule has 2 atom stereocenters. The number of aryl methyl sites for hydroxylation is 1. The third-order valence-electron chi connectivity index (χ3n) is 3.93. The van der Waals surface area contributed by atoms with E-state index in [1.54, 1.807) is 44.9 Å². The summed E-state index contributed by atoms with van der Waals surface area (Å²) in [5.74, 6) is 0.360. The smallest absolute Gasteiger partial charge is 0.408 e. The van der Waals surface area contributed by atoms with Crippen LogP contribution < -0.4 is 5.32 Å². The molecular formula is C17H28N4O3. The number of alkyl carbamates (subject to hydrolysis) is 1. The van der Waals surface area contributed by atoms with Crippen LogP contribution in [0.1, 0.15) is 52.1 Å². The fourth-order valence-electron chi connectivity index (χ4n) is 2.87. The van der Waals surface area contributed by atoms with Crippen molar-refractivity contribution in [3.63, 3.8) is 0 Å². The maximum atomic E-state index is 13.0. The molecule has 1 aromatic rings. The number of likely N-dealkylation sites (tertiary alicyclic amines) is 1. The first-order valence-electron chi connectivity index (χ1n) is 8.42. The predicted octanol–water partition coefficient (Wildman–Crippen LogP) is 2.24. The summed E-state index contributed by atoms with van der Waals surface area (Å²) < 4.78 is 6.92. The molecule has 0 spiro atoms. The van der Waals surface area contributed by atoms with Gasteiger partial charge in [-0.25, -0.2) is 4.79 Å². The molecule has 24 heavy (non-hydrogen) atoms. The zero-order valence-corrected chi connectivity index (χ0v) is 15.2. The average molecular weight is 336 g/mol. The molecule has 1 aliphatic rings. The fourth-order valence-corrected chi connectivity index (χ4v) is 2.87. The standard InChI is InChI=1S/C17H28N4O3/c1-12-7-6-8-21(10-12)15(22)14(13-9-18-20(5)11-13)19-16(23)24-17(2,3)4/h9,11-12,14H,6-8,10H2,1-5H3,(H,19,23)/t12-,14+/m0/s1. The minimum absolute atomic E-state index is 0.111. The van der Waals surface area contributed by atoms with Crippen molar-refractivity contribution in [1.82, 2.24) is 20.0 Å². The minimum atomic E-state index is -0.779. The number of nitrogens with zero attached hydrogens (tertiary/aromatic N) is 3. The topological polar surface area (TPSA) is 76.5 Å². The molecule has 1 aliphatic heterocycles. The normalized spacial score (nSPS) is 19.7. The van der Waals surface area contributed by atoms with Gasteiger partial charge in [-0.1, -0.05) is 6.92 Å². The lowest BCUT2D eigenvalue weighted by Crippen LogP contribution is -2.47. The molecule has 0 saturated carbocycles.